The first kappa shape index (κ1) is 14.8. The number of nitrogens with zero attached hydrogens (tertiary/aromatic N) is 2. The smallest absolute Gasteiger partial charge is 0.335 e. The van der Waals surface area contributed by atoms with Crippen LogP contribution < -0.4 is 5.32 Å². The van der Waals surface area contributed by atoms with Crippen LogP contribution in [0.5, 0.6) is 0 Å². The monoisotopic (exact) mass is 287 g/mol. The molecule has 110 valence electrons. The lowest BCUT2D eigenvalue weighted by molar-refractivity contribution is -0.121. The number of hydrogen-bond acceptors (Lipinski definition) is 3. The van der Waals surface area contributed by atoms with Crippen molar-refractivity contribution in [1.29, 1.82) is 0 Å². The average Bonchev–Trinajstić information content (AvgIpc) is 2.88. The highest BCUT2D eigenvalue weighted by Gasteiger charge is 2.06. The number of carbonyl (C=O) groups is 2. The predicted molar refractivity (Wildman–Crippen MR) is 76.8 cm³/mol. The van der Waals surface area contributed by atoms with E-state index in [1.54, 1.807) is 23.0 Å². The number of benzene rings is 1. The molecule has 0 aliphatic carbocycles. The van der Waals surface area contributed by atoms with Crippen molar-refractivity contribution in [3.8, 4) is 0 Å². The van der Waals surface area contributed by atoms with E-state index in [1.165, 1.54) is 12.1 Å². The molecule has 2 N–H and O–H groups in total. The lowest BCUT2D eigenvalue weighted by atomic mass is 10.1. The van der Waals surface area contributed by atoms with E-state index in [9.17, 15) is 9.59 Å². The fraction of sp³-hybridized carbons (Fsp3) is 0.267. The van der Waals surface area contributed by atoms with Crippen LogP contribution in [0.2, 0.25) is 0 Å². The summed E-state index contributed by atoms with van der Waals surface area (Å²) in [4.78, 5) is 22.5. The second-order valence-corrected chi connectivity index (χ2v) is 4.72. The molecular weight excluding hydrogens is 270 g/mol. The largest absolute Gasteiger partial charge is 0.478 e. The Labute approximate surface area is 122 Å². The van der Waals surface area contributed by atoms with Gasteiger partial charge in [0.25, 0.3) is 0 Å². The molecule has 0 fully saturated rings. The molecular formula is C15H17N3O3. The predicted octanol–water partition coefficient (Wildman–Crippen LogP) is 1.37. The van der Waals surface area contributed by atoms with Gasteiger partial charge in [-0.2, -0.15) is 5.10 Å². The molecule has 0 spiro atoms. The van der Waals surface area contributed by atoms with Gasteiger partial charge in [-0.25, -0.2) is 4.79 Å². The molecule has 1 aromatic carbocycles. The van der Waals surface area contributed by atoms with Gasteiger partial charge in [-0.1, -0.05) is 12.1 Å². The number of carboxylic acid groups (broad SMARTS) is 1. The molecule has 2 rings (SSSR count). The summed E-state index contributed by atoms with van der Waals surface area (Å²) in [6.45, 7) is 0.393. The van der Waals surface area contributed by atoms with Crippen molar-refractivity contribution in [2.45, 2.75) is 19.4 Å². The SMILES string of the molecule is Cn1nccc1CCC(=O)NCc1ccc(C(=O)O)cc1. The first-order chi connectivity index (χ1) is 10.1. The summed E-state index contributed by atoms with van der Waals surface area (Å²) in [5.74, 6) is -1.000. The van der Waals surface area contributed by atoms with Crippen LogP contribution in [-0.2, 0) is 24.8 Å². The topological polar surface area (TPSA) is 84.2 Å². The number of aromatic nitrogens is 2. The number of hydrogen-bond donors (Lipinski definition) is 2. The Morgan fingerprint density at radius 3 is 2.52 bits per heavy atom. The van der Waals surface area contributed by atoms with Crippen molar-refractivity contribution in [3.05, 3.63) is 53.3 Å². The summed E-state index contributed by atoms with van der Waals surface area (Å²) in [5, 5.41) is 15.7. The summed E-state index contributed by atoms with van der Waals surface area (Å²) in [7, 11) is 1.84. The molecule has 0 aliphatic rings. The van der Waals surface area contributed by atoms with Gasteiger partial charge in [0.05, 0.1) is 5.56 Å². The molecule has 0 saturated heterocycles. The zero-order chi connectivity index (χ0) is 15.2. The maximum absolute atomic E-state index is 11.8. The van der Waals surface area contributed by atoms with Crippen LogP contribution >= 0.6 is 0 Å². The van der Waals surface area contributed by atoms with E-state index in [0.717, 1.165) is 11.3 Å². The van der Waals surface area contributed by atoms with E-state index in [4.69, 9.17) is 5.11 Å². The highest BCUT2D eigenvalue weighted by atomic mass is 16.4. The van der Waals surface area contributed by atoms with Crippen molar-refractivity contribution >= 4 is 11.9 Å². The average molecular weight is 287 g/mol. The van der Waals surface area contributed by atoms with E-state index >= 15 is 0 Å². The van der Waals surface area contributed by atoms with Crippen molar-refractivity contribution in [2.75, 3.05) is 0 Å². The number of aryl methyl sites for hydroxylation is 2. The fourth-order valence-corrected chi connectivity index (χ4v) is 1.94. The Hall–Kier alpha value is -2.63. The second kappa shape index (κ2) is 6.69. The fourth-order valence-electron chi connectivity index (χ4n) is 1.94. The summed E-state index contributed by atoms with van der Waals surface area (Å²) in [5.41, 5.74) is 2.12. The minimum Gasteiger partial charge on any atom is -0.478 e. The van der Waals surface area contributed by atoms with E-state index in [0.29, 0.717) is 19.4 Å². The van der Waals surface area contributed by atoms with Gasteiger partial charge in [0.2, 0.25) is 5.91 Å². The first-order valence-electron chi connectivity index (χ1n) is 6.62. The quantitative estimate of drug-likeness (QED) is 0.840. The molecule has 0 atom stereocenters. The lowest BCUT2D eigenvalue weighted by Gasteiger charge is -2.06. The van der Waals surface area contributed by atoms with Gasteiger partial charge in [0.1, 0.15) is 0 Å². The third kappa shape index (κ3) is 4.17. The molecule has 0 unspecified atom stereocenters. The third-order valence-corrected chi connectivity index (χ3v) is 3.22. The number of aromatic carboxylic acids is 1. The van der Waals surface area contributed by atoms with Crippen LogP contribution in [0.1, 0.15) is 28.0 Å². The van der Waals surface area contributed by atoms with Gasteiger partial charge in [0, 0.05) is 31.9 Å². The molecule has 6 nitrogen and oxygen atoms in total. The number of amides is 1. The Balaban J connectivity index is 1.78. The van der Waals surface area contributed by atoms with Crippen LogP contribution in [0.15, 0.2) is 36.5 Å². The van der Waals surface area contributed by atoms with Crippen molar-refractivity contribution in [3.63, 3.8) is 0 Å². The summed E-state index contributed by atoms with van der Waals surface area (Å²) >= 11 is 0. The van der Waals surface area contributed by atoms with E-state index in [1.807, 2.05) is 13.1 Å². The van der Waals surface area contributed by atoms with E-state index in [-0.39, 0.29) is 11.5 Å². The van der Waals surface area contributed by atoms with E-state index < -0.39 is 5.97 Å². The van der Waals surface area contributed by atoms with Gasteiger partial charge >= 0.3 is 5.97 Å². The Morgan fingerprint density at radius 1 is 1.24 bits per heavy atom. The van der Waals surface area contributed by atoms with Crippen LogP contribution in [0.4, 0.5) is 0 Å². The lowest BCUT2D eigenvalue weighted by Crippen LogP contribution is -2.23. The second-order valence-electron chi connectivity index (χ2n) is 4.72. The molecule has 0 radical (unpaired) electrons. The maximum Gasteiger partial charge on any atom is 0.335 e. The molecule has 2 aromatic rings. The third-order valence-electron chi connectivity index (χ3n) is 3.22. The van der Waals surface area contributed by atoms with Crippen molar-refractivity contribution in [2.24, 2.45) is 7.05 Å². The van der Waals surface area contributed by atoms with Gasteiger partial charge < -0.3 is 10.4 Å². The molecule has 1 aromatic heterocycles. The van der Waals surface area contributed by atoms with Crippen LogP contribution in [-0.4, -0.2) is 26.8 Å². The van der Waals surface area contributed by atoms with Crippen LogP contribution in [0, 0.1) is 0 Å². The van der Waals surface area contributed by atoms with Crippen LogP contribution in [0.25, 0.3) is 0 Å². The molecule has 6 heteroatoms. The normalized spacial score (nSPS) is 10.3. The molecule has 21 heavy (non-hydrogen) atoms. The number of rotatable bonds is 6. The highest BCUT2D eigenvalue weighted by Crippen LogP contribution is 2.05. The summed E-state index contributed by atoms with van der Waals surface area (Å²) in [6, 6.07) is 8.34. The highest BCUT2D eigenvalue weighted by molar-refractivity contribution is 5.87. The van der Waals surface area contributed by atoms with E-state index in [2.05, 4.69) is 10.4 Å². The first-order valence-corrected chi connectivity index (χ1v) is 6.62. The Kier molecular flexibility index (Phi) is 4.71. The number of carbonyl (C=O) groups excluding carboxylic acids is 1. The van der Waals surface area contributed by atoms with Gasteiger partial charge in [-0.15, -0.1) is 0 Å². The zero-order valence-corrected chi connectivity index (χ0v) is 11.7. The van der Waals surface area contributed by atoms with Crippen molar-refractivity contribution in [1.82, 2.24) is 15.1 Å². The standard InChI is InChI=1S/C15H17N3O3/c1-18-13(8-9-17-18)6-7-14(19)16-10-11-2-4-12(5-3-11)15(20)21/h2-5,8-9H,6-7,10H2,1H3,(H,16,19)(H,20,21). The Morgan fingerprint density at radius 2 is 1.95 bits per heavy atom. The van der Waals surface area contributed by atoms with Crippen LogP contribution in [0.3, 0.4) is 0 Å². The minimum atomic E-state index is -0.957. The minimum absolute atomic E-state index is 0.0430. The van der Waals surface area contributed by atoms with Gasteiger partial charge in [0.15, 0.2) is 0 Å². The summed E-state index contributed by atoms with van der Waals surface area (Å²) in [6.07, 6.45) is 2.74. The molecule has 1 heterocycles. The van der Waals surface area contributed by atoms with Gasteiger partial charge in [-0.3, -0.25) is 9.48 Å². The maximum atomic E-state index is 11.8. The van der Waals surface area contributed by atoms with Crippen molar-refractivity contribution < 1.29 is 14.7 Å². The molecule has 0 bridgehead atoms. The zero-order valence-electron chi connectivity index (χ0n) is 11.7. The van der Waals surface area contributed by atoms with Gasteiger partial charge in [-0.05, 0) is 30.2 Å². The Bertz CT molecular complexity index is 632. The number of nitrogens with one attached hydrogen (secondary N) is 1. The molecule has 1 amide bonds. The molecule has 0 saturated carbocycles. The molecule has 0 aliphatic heterocycles. The number of carboxylic acids is 1. The summed E-state index contributed by atoms with van der Waals surface area (Å²) < 4.78 is 1.75.